The molecule has 0 aliphatic carbocycles. The van der Waals surface area contributed by atoms with Crippen LogP contribution in [0.15, 0.2) is 48.6 Å². The van der Waals surface area contributed by atoms with Crippen LogP contribution in [0.1, 0.15) is 77.2 Å². The Morgan fingerprint density at radius 3 is 2.77 bits per heavy atom. The van der Waals surface area contributed by atoms with Crippen LogP contribution in [0.5, 0.6) is 0 Å². The summed E-state index contributed by atoms with van der Waals surface area (Å²) in [5.41, 5.74) is -0.0779. The van der Waals surface area contributed by atoms with Gasteiger partial charge >= 0.3 is 12.0 Å². The number of amides is 2. The fraction of sp³-hybridized carbons (Fsp3) is 0.581. The molecule has 0 radical (unpaired) electrons. The van der Waals surface area contributed by atoms with Crippen molar-refractivity contribution in [3.05, 3.63) is 54.1 Å². The average Bonchev–Trinajstić information content (AvgIpc) is 3.32. The van der Waals surface area contributed by atoms with E-state index in [-0.39, 0.29) is 49.0 Å². The highest BCUT2D eigenvalue weighted by Gasteiger charge is 2.60. The van der Waals surface area contributed by atoms with Gasteiger partial charge in [0.15, 0.2) is 5.72 Å². The molecule has 3 aliphatic heterocycles. The van der Waals surface area contributed by atoms with Crippen LogP contribution < -0.4 is 5.32 Å². The number of hydrogen-bond acceptors (Lipinski definition) is 6. The Bertz CT molecular complexity index is 1060. The first-order valence-electron chi connectivity index (χ1n) is 14.4. The third kappa shape index (κ3) is 7.17. The summed E-state index contributed by atoms with van der Waals surface area (Å²) in [5, 5.41) is 12.7. The van der Waals surface area contributed by atoms with Crippen molar-refractivity contribution >= 4 is 23.9 Å². The molecule has 4 rings (SSSR count). The second kappa shape index (κ2) is 13.4. The van der Waals surface area contributed by atoms with Gasteiger partial charge in [0.25, 0.3) is 0 Å². The predicted molar refractivity (Wildman–Crippen MR) is 149 cm³/mol. The minimum absolute atomic E-state index is 0.0667. The zero-order valence-electron chi connectivity index (χ0n) is 23.1. The normalized spacial score (nSPS) is 29.5. The Morgan fingerprint density at radius 1 is 1.23 bits per heavy atom. The first kappa shape index (κ1) is 29.0. The van der Waals surface area contributed by atoms with Gasteiger partial charge in [-0.25, -0.2) is 4.79 Å². The lowest BCUT2D eigenvalue weighted by Crippen LogP contribution is -2.72. The maximum atomic E-state index is 13.6. The van der Waals surface area contributed by atoms with Crippen LogP contribution in [-0.2, 0) is 19.1 Å². The van der Waals surface area contributed by atoms with Crippen molar-refractivity contribution in [1.82, 2.24) is 10.2 Å². The number of carbonyl (C=O) groups is 3. The molecule has 6 atom stereocenters. The number of esters is 1. The summed E-state index contributed by atoms with van der Waals surface area (Å²) in [6.07, 6.45) is 12.0. The fourth-order valence-electron chi connectivity index (χ4n) is 6.15. The summed E-state index contributed by atoms with van der Waals surface area (Å²) in [6.45, 7) is 3.99. The van der Waals surface area contributed by atoms with Crippen LogP contribution in [0.25, 0.3) is 6.08 Å². The number of fused-ring (bicyclic) bond motifs is 1. The maximum absolute atomic E-state index is 13.6. The fourth-order valence-corrected chi connectivity index (χ4v) is 6.15. The Labute approximate surface area is 231 Å². The van der Waals surface area contributed by atoms with Gasteiger partial charge in [0.1, 0.15) is 18.3 Å². The van der Waals surface area contributed by atoms with Crippen molar-refractivity contribution in [2.24, 2.45) is 5.92 Å². The van der Waals surface area contributed by atoms with Crippen molar-refractivity contribution in [2.75, 3.05) is 6.61 Å². The SMILES string of the molecule is CC[C@H](O)/C=C\CCC(=O)C[C@@H]1CC[C@@H]2C(C(=O)OC/C=C/c3ccccc3)[C@]3(CCC[C@@H](C)O3)NC(=O)N12. The van der Waals surface area contributed by atoms with E-state index in [2.05, 4.69) is 5.32 Å². The van der Waals surface area contributed by atoms with Crippen molar-refractivity contribution in [1.29, 1.82) is 0 Å². The molecule has 0 bridgehead atoms. The van der Waals surface area contributed by atoms with E-state index >= 15 is 0 Å². The highest BCUT2D eigenvalue weighted by Crippen LogP contribution is 2.45. The number of benzene rings is 1. The molecule has 2 amide bonds. The molecule has 8 heteroatoms. The monoisotopic (exact) mass is 538 g/mol. The number of aliphatic hydroxyl groups is 1. The van der Waals surface area contributed by atoms with E-state index in [1.165, 1.54) is 0 Å². The van der Waals surface area contributed by atoms with Crippen molar-refractivity contribution in [2.45, 2.75) is 102 Å². The van der Waals surface area contributed by atoms with Crippen LogP contribution in [0.3, 0.4) is 0 Å². The number of nitrogens with zero attached hydrogens (tertiary/aromatic N) is 1. The van der Waals surface area contributed by atoms with Gasteiger partial charge in [-0.3, -0.25) is 9.59 Å². The molecule has 1 spiro atoms. The molecule has 2 N–H and O–H groups in total. The number of allylic oxidation sites excluding steroid dienone is 1. The minimum atomic E-state index is -1.10. The number of ether oxygens (including phenoxy) is 2. The van der Waals surface area contributed by atoms with Crippen LogP contribution in [0, 0.1) is 5.92 Å². The number of urea groups is 1. The van der Waals surface area contributed by atoms with Crippen molar-refractivity contribution in [3.8, 4) is 0 Å². The highest BCUT2D eigenvalue weighted by atomic mass is 16.6. The molecule has 0 saturated carbocycles. The van der Waals surface area contributed by atoms with Gasteiger partial charge in [0.2, 0.25) is 0 Å². The van der Waals surface area contributed by atoms with Crippen LogP contribution in [-0.4, -0.2) is 64.4 Å². The minimum Gasteiger partial charge on any atom is -0.461 e. The Hall–Kier alpha value is -2.97. The number of rotatable bonds is 11. The zero-order valence-corrected chi connectivity index (χ0v) is 23.1. The summed E-state index contributed by atoms with van der Waals surface area (Å²) in [4.78, 5) is 41.5. The van der Waals surface area contributed by atoms with Gasteiger partial charge in [0, 0.05) is 18.9 Å². The van der Waals surface area contributed by atoms with E-state index in [9.17, 15) is 19.5 Å². The Morgan fingerprint density at radius 2 is 2.03 bits per heavy atom. The van der Waals surface area contributed by atoms with Crippen molar-refractivity contribution < 1.29 is 29.0 Å². The number of hydrogen-bond donors (Lipinski definition) is 2. The van der Waals surface area contributed by atoms with Gasteiger partial charge in [-0.1, -0.05) is 55.5 Å². The number of carbonyl (C=O) groups excluding carboxylic acids is 3. The molecule has 1 unspecified atom stereocenters. The van der Waals surface area contributed by atoms with Crippen LogP contribution in [0.2, 0.25) is 0 Å². The quantitative estimate of drug-likeness (QED) is 0.311. The summed E-state index contributed by atoms with van der Waals surface area (Å²) >= 11 is 0. The molecular formula is C31H42N2O6. The van der Waals surface area contributed by atoms with E-state index in [1.807, 2.05) is 62.4 Å². The number of nitrogens with one attached hydrogen (secondary N) is 1. The molecule has 3 fully saturated rings. The van der Waals surface area contributed by atoms with E-state index in [1.54, 1.807) is 11.0 Å². The van der Waals surface area contributed by atoms with Gasteiger partial charge in [-0.15, -0.1) is 0 Å². The summed E-state index contributed by atoms with van der Waals surface area (Å²) in [7, 11) is 0. The second-order valence-corrected chi connectivity index (χ2v) is 11.0. The zero-order chi connectivity index (χ0) is 27.8. The lowest BCUT2D eigenvalue weighted by atomic mass is 9.80. The molecule has 3 aliphatic rings. The molecule has 212 valence electrons. The van der Waals surface area contributed by atoms with Gasteiger partial charge in [0.05, 0.1) is 18.2 Å². The van der Waals surface area contributed by atoms with Crippen LogP contribution in [0.4, 0.5) is 4.79 Å². The smallest absolute Gasteiger partial charge is 0.320 e. The van der Waals surface area contributed by atoms with E-state index in [4.69, 9.17) is 9.47 Å². The van der Waals surface area contributed by atoms with Gasteiger partial charge < -0.3 is 24.8 Å². The summed E-state index contributed by atoms with van der Waals surface area (Å²) in [6, 6.07) is 8.88. The molecule has 3 heterocycles. The predicted octanol–water partition coefficient (Wildman–Crippen LogP) is 4.77. The Kier molecular flexibility index (Phi) is 9.97. The molecule has 1 aromatic rings. The Balaban J connectivity index is 1.44. The lowest BCUT2D eigenvalue weighted by molar-refractivity contribution is -0.203. The molecule has 8 nitrogen and oxygen atoms in total. The third-order valence-corrected chi connectivity index (χ3v) is 8.07. The molecule has 3 saturated heterocycles. The molecule has 39 heavy (non-hydrogen) atoms. The summed E-state index contributed by atoms with van der Waals surface area (Å²) in [5.74, 6) is -0.998. The van der Waals surface area contributed by atoms with Gasteiger partial charge in [-0.05, 0) is 63.5 Å². The van der Waals surface area contributed by atoms with E-state index in [0.717, 1.165) is 18.4 Å². The lowest BCUT2D eigenvalue weighted by Gasteiger charge is -2.52. The number of aliphatic hydroxyl groups excluding tert-OH is 1. The molecule has 1 aromatic carbocycles. The summed E-state index contributed by atoms with van der Waals surface area (Å²) < 4.78 is 12.1. The van der Waals surface area contributed by atoms with Crippen molar-refractivity contribution in [3.63, 3.8) is 0 Å². The average molecular weight is 539 g/mol. The highest BCUT2D eigenvalue weighted by molar-refractivity contribution is 5.85. The molecular weight excluding hydrogens is 496 g/mol. The third-order valence-electron chi connectivity index (χ3n) is 8.07. The van der Waals surface area contributed by atoms with E-state index in [0.29, 0.717) is 38.5 Å². The van der Waals surface area contributed by atoms with E-state index < -0.39 is 17.7 Å². The number of ketones is 1. The largest absolute Gasteiger partial charge is 0.461 e. The van der Waals surface area contributed by atoms with Gasteiger partial charge in [-0.2, -0.15) is 0 Å². The second-order valence-electron chi connectivity index (χ2n) is 11.0. The number of Topliss-reactive ketones (excluding diaryl/α,β-unsaturated/α-hetero) is 1. The maximum Gasteiger partial charge on any atom is 0.320 e. The standard InChI is InChI=1S/C31H42N2O6/c1-3-25(34)15-7-8-16-26(35)21-24-17-18-27-28(29(36)38-20-10-14-23-12-5-4-6-13-23)31(32-30(37)33(24)27)19-9-11-22(2)39-31/h4-7,10,12-15,22,24-25,27-28,34H,3,8-9,11,16-21H2,1-2H3,(H,32,37)/b14-10+,15-7-/t22-,24+,25+,27-,28?,31-/m1/s1. The topological polar surface area (TPSA) is 105 Å². The molecule has 0 aromatic heterocycles. The first-order valence-corrected chi connectivity index (χ1v) is 14.4. The van der Waals surface area contributed by atoms with Crippen LogP contribution >= 0.6 is 0 Å². The first-order chi connectivity index (χ1) is 18.8.